The molecule has 1 unspecified atom stereocenters. The van der Waals surface area contributed by atoms with Crippen LogP contribution in [0.15, 0.2) is 48.5 Å². The van der Waals surface area contributed by atoms with Gasteiger partial charge in [-0.25, -0.2) is 14.0 Å². The van der Waals surface area contributed by atoms with Gasteiger partial charge in [0.2, 0.25) is 5.91 Å². The molecule has 3 amide bonds. The van der Waals surface area contributed by atoms with Gasteiger partial charge in [-0.3, -0.25) is 4.79 Å². The van der Waals surface area contributed by atoms with Crippen molar-refractivity contribution in [3.63, 3.8) is 0 Å². The Morgan fingerprint density at radius 1 is 1.03 bits per heavy atom. The molecule has 8 nitrogen and oxygen atoms in total. The van der Waals surface area contributed by atoms with Gasteiger partial charge in [0, 0.05) is 19.0 Å². The smallest absolute Gasteiger partial charge is 0.408 e. The van der Waals surface area contributed by atoms with Crippen molar-refractivity contribution < 1.29 is 28.2 Å². The minimum absolute atomic E-state index is 0.00879. The fraction of sp³-hybridized carbons (Fsp3) is 0.464. The van der Waals surface area contributed by atoms with Crippen molar-refractivity contribution in [2.45, 2.75) is 57.3 Å². The van der Waals surface area contributed by atoms with Gasteiger partial charge < -0.3 is 25.0 Å². The first kappa shape index (κ1) is 26.4. The third-order valence-corrected chi connectivity index (χ3v) is 6.48. The number of halogens is 1. The molecule has 1 aliphatic heterocycles. The predicted molar refractivity (Wildman–Crippen MR) is 137 cm³/mol. The number of ether oxygens (including phenoxy) is 2. The molecule has 0 radical (unpaired) electrons. The number of fused-ring (bicyclic) bond motifs is 3. The van der Waals surface area contributed by atoms with E-state index < -0.39 is 35.9 Å². The maximum atomic E-state index is 13.7. The molecule has 1 heterocycles. The topological polar surface area (TPSA) is 97.0 Å². The van der Waals surface area contributed by atoms with Gasteiger partial charge in [-0.05, 0) is 55.9 Å². The SMILES string of the molecule is CC(C)(C)OC(=O)N[C@@H](CCNC(=O)OCC1c2ccccc2-c2ccccc21)C(=O)N1CCC(F)C1. The van der Waals surface area contributed by atoms with Gasteiger partial charge in [-0.1, -0.05) is 48.5 Å². The first-order chi connectivity index (χ1) is 17.6. The number of alkyl halides is 1. The number of carbonyl (C=O) groups is 3. The molecule has 0 saturated carbocycles. The number of nitrogens with one attached hydrogen (secondary N) is 2. The summed E-state index contributed by atoms with van der Waals surface area (Å²) in [6.45, 7) is 5.68. The van der Waals surface area contributed by atoms with Crippen molar-refractivity contribution in [2.75, 3.05) is 26.2 Å². The second-order valence-corrected chi connectivity index (χ2v) is 10.4. The lowest BCUT2D eigenvalue weighted by molar-refractivity contribution is -0.132. The molecule has 37 heavy (non-hydrogen) atoms. The number of hydrogen-bond donors (Lipinski definition) is 2. The molecular formula is C28H34FN3O5. The largest absolute Gasteiger partial charge is 0.449 e. The number of rotatable bonds is 7. The number of carbonyl (C=O) groups excluding carboxylic acids is 3. The van der Waals surface area contributed by atoms with E-state index in [1.54, 1.807) is 20.8 Å². The summed E-state index contributed by atoms with van der Waals surface area (Å²) in [5, 5.41) is 5.23. The zero-order valence-electron chi connectivity index (χ0n) is 21.5. The van der Waals surface area contributed by atoms with Crippen LogP contribution in [0.4, 0.5) is 14.0 Å². The predicted octanol–water partition coefficient (Wildman–Crippen LogP) is 4.38. The van der Waals surface area contributed by atoms with Gasteiger partial charge in [-0.15, -0.1) is 0 Å². The van der Waals surface area contributed by atoms with Gasteiger partial charge in [0.05, 0.1) is 6.54 Å². The van der Waals surface area contributed by atoms with E-state index in [-0.39, 0.29) is 45.0 Å². The first-order valence-corrected chi connectivity index (χ1v) is 12.6. The number of alkyl carbamates (subject to hydrolysis) is 2. The van der Waals surface area contributed by atoms with Crippen LogP contribution in [0.2, 0.25) is 0 Å². The Kier molecular flexibility index (Phi) is 8.00. The Labute approximate surface area is 216 Å². The number of likely N-dealkylation sites (tertiary alicyclic amines) is 1. The Balaban J connectivity index is 1.32. The molecule has 1 fully saturated rings. The summed E-state index contributed by atoms with van der Waals surface area (Å²) in [6.07, 6.45) is -2.07. The average Bonchev–Trinajstić information content (AvgIpc) is 3.42. The van der Waals surface area contributed by atoms with Crippen molar-refractivity contribution in [1.29, 1.82) is 0 Å². The molecule has 2 aliphatic rings. The number of hydrogen-bond acceptors (Lipinski definition) is 5. The van der Waals surface area contributed by atoms with Crippen molar-refractivity contribution >= 4 is 18.1 Å². The molecule has 0 spiro atoms. The van der Waals surface area contributed by atoms with Crippen molar-refractivity contribution in [3.8, 4) is 11.1 Å². The fourth-order valence-corrected chi connectivity index (χ4v) is 4.81. The highest BCUT2D eigenvalue weighted by molar-refractivity contribution is 5.86. The van der Waals surface area contributed by atoms with Crippen LogP contribution in [0, 0.1) is 0 Å². The molecule has 198 valence electrons. The van der Waals surface area contributed by atoms with Crippen molar-refractivity contribution in [1.82, 2.24) is 15.5 Å². The monoisotopic (exact) mass is 511 g/mol. The summed E-state index contributed by atoms with van der Waals surface area (Å²) in [4.78, 5) is 39.1. The zero-order chi connectivity index (χ0) is 26.6. The van der Waals surface area contributed by atoms with Crippen LogP contribution in [-0.2, 0) is 14.3 Å². The van der Waals surface area contributed by atoms with E-state index in [4.69, 9.17) is 9.47 Å². The molecule has 2 N–H and O–H groups in total. The lowest BCUT2D eigenvalue weighted by Crippen LogP contribution is -2.50. The normalized spacial score (nSPS) is 17.5. The molecule has 1 aliphatic carbocycles. The molecule has 0 bridgehead atoms. The molecule has 0 aromatic heterocycles. The molecule has 2 atom stereocenters. The van der Waals surface area contributed by atoms with Crippen LogP contribution < -0.4 is 10.6 Å². The van der Waals surface area contributed by atoms with E-state index in [0.717, 1.165) is 22.3 Å². The van der Waals surface area contributed by atoms with Crippen LogP contribution >= 0.6 is 0 Å². The summed E-state index contributed by atoms with van der Waals surface area (Å²) in [5.74, 6) is -0.467. The van der Waals surface area contributed by atoms with Gasteiger partial charge in [0.1, 0.15) is 24.4 Å². The molecule has 2 aromatic rings. The second-order valence-electron chi connectivity index (χ2n) is 10.4. The van der Waals surface area contributed by atoms with Crippen LogP contribution in [0.3, 0.4) is 0 Å². The second kappa shape index (κ2) is 11.2. The molecule has 4 rings (SSSR count). The summed E-state index contributed by atoms with van der Waals surface area (Å²) in [7, 11) is 0. The van der Waals surface area contributed by atoms with Crippen LogP contribution in [0.1, 0.15) is 50.7 Å². The zero-order valence-corrected chi connectivity index (χ0v) is 21.5. The number of nitrogens with zero attached hydrogens (tertiary/aromatic N) is 1. The summed E-state index contributed by atoms with van der Waals surface area (Å²) in [5.41, 5.74) is 3.76. The van der Waals surface area contributed by atoms with Gasteiger partial charge in [0.25, 0.3) is 0 Å². The fourth-order valence-electron chi connectivity index (χ4n) is 4.81. The quantitative estimate of drug-likeness (QED) is 0.575. The van der Waals surface area contributed by atoms with E-state index in [1.807, 2.05) is 36.4 Å². The summed E-state index contributed by atoms with van der Waals surface area (Å²) < 4.78 is 24.5. The maximum Gasteiger partial charge on any atom is 0.408 e. The molecular weight excluding hydrogens is 477 g/mol. The van der Waals surface area contributed by atoms with Crippen molar-refractivity contribution in [3.05, 3.63) is 59.7 Å². The summed E-state index contributed by atoms with van der Waals surface area (Å²) in [6, 6.07) is 15.2. The van der Waals surface area contributed by atoms with E-state index in [9.17, 15) is 18.8 Å². The van der Waals surface area contributed by atoms with E-state index in [1.165, 1.54) is 4.90 Å². The Morgan fingerprint density at radius 2 is 1.65 bits per heavy atom. The summed E-state index contributed by atoms with van der Waals surface area (Å²) >= 11 is 0. The van der Waals surface area contributed by atoms with Gasteiger partial charge in [0.15, 0.2) is 0 Å². The minimum atomic E-state index is -1.08. The van der Waals surface area contributed by atoms with Crippen LogP contribution in [-0.4, -0.2) is 67.0 Å². The highest BCUT2D eigenvalue weighted by Gasteiger charge is 2.33. The molecule has 2 aromatic carbocycles. The van der Waals surface area contributed by atoms with Crippen molar-refractivity contribution in [2.24, 2.45) is 0 Å². The van der Waals surface area contributed by atoms with E-state index >= 15 is 0 Å². The van der Waals surface area contributed by atoms with Crippen LogP contribution in [0.25, 0.3) is 11.1 Å². The molecule has 1 saturated heterocycles. The van der Waals surface area contributed by atoms with Gasteiger partial charge >= 0.3 is 12.2 Å². The van der Waals surface area contributed by atoms with Crippen LogP contribution in [0.5, 0.6) is 0 Å². The number of amides is 3. The van der Waals surface area contributed by atoms with E-state index in [2.05, 4.69) is 22.8 Å². The first-order valence-electron chi connectivity index (χ1n) is 12.6. The molecule has 9 heteroatoms. The third kappa shape index (κ3) is 6.58. The average molecular weight is 512 g/mol. The Morgan fingerprint density at radius 3 is 2.22 bits per heavy atom. The highest BCUT2D eigenvalue weighted by atomic mass is 19.1. The minimum Gasteiger partial charge on any atom is -0.449 e. The maximum absolute atomic E-state index is 13.7. The third-order valence-electron chi connectivity index (χ3n) is 6.48. The van der Waals surface area contributed by atoms with Gasteiger partial charge in [-0.2, -0.15) is 0 Å². The highest BCUT2D eigenvalue weighted by Crippen LogP contribution is 2.44. The standard InChI is InChI=1S/C28H34FN3O5/c1-28(2,3)37-27(35)31-24(25(33)32-15-13-18(29)16-32)12-14-30-26(34)36-17-23-21-10-6-4-8-19(21)20-9-5-7-11-22(20)23/h4-11,18,23-24H,12-17H2,1-3H3,(H,30,34)(H,31,35)/t18?,24-/m0/s1. The lowest BCUT2D eigenvalue weighted by Gasteiger charge is -2.26. The Hall–Kier alpha value is -3.62. The lowest BCUT2D eigenvalue weighted by atomic mass is 9.98. The van der Waals surface area contributed by atoms with E-state index in [0.29, 0.717) is 0 Å². The Bertz CT molecular complexity index is 1100. The number of benzene rings is 2.